The van der Waals surface area contributed by atoms with Crippen LogP contribution in [0, 0.1) is 0 Å². The number of hydrogen-bond acceptors (Lipinski definition) is 26. The molecular formula is C35H51N7O26P2-4. The molecule has 35 heteroatoms. The Morgan fingerprint density at radius 3 is 2.06 bits per heavy atom. The number of carbonyl (C=O) groups is 7. The molecule has 0 spiro atoms. The van der Waals surface area contributed by atoms with Crippen LogP contribution in [-0.2, 0) is 70.3 Å². The van der Waals surface area contributed by atoms with Gasteiger partial charge in [0.2, 0.25) is 23.6 Å². The van der Waals surface area contributed by atoms with Crippen molar-refractivity contribution in [1.82, 2.24) is 30.8 Å². The number of carboxylic acids is 3. The molecule has 2 aliphatic rings. The second-order valence-electron chi connectivity index (χ2n) is 15.7. The molecule has 0 saturated carbocycles. The molecule has 0 aromatic carbocycles. The van der Waals surface area contributed by atoms with Crippen molar-refractivity contribution in [3.63, 3.8) is 0 Å². The zero-order valence-electron chi connectivity index (χ0n) is 37.0. The van der Waals surface area contributed by atoms with Crippen LogP contribution in [0.2, 0.25) is 0 Å². The Hall–Kier alpha value is -5.09. The van der Waals surface area contributed by atoms with Gasteiger partial charge in [-0.05, 0) is 33.1 Å². The van der Waals surface area contributed by atoms with Gasteiger partial charge >= 0.3 is 5.69 Å². The number of aliphatic carboxylic acids is 3. The van der Waals surface area contributed by atoms with E-state index in [1.807, 2.05) is 10.3 Å². The minimum absolute atomic E-state index is 0.0282. The number of carbonyl (C=O) groups excluding carboxylic acids is 7. The molecule has 1 aromatic heterocycles. The van der Waals surface area contributed by atoms with Gasteiger partial charge in [0.1, 0.15) is 60.9 Å². The van der Waals surface area contributed by atoms with Crippen molar-refractivity contribution < 1.29 is 122 Å². The second-order valence-corrected chi connectivity index (χ2v) is 18.6. The van der Waals surface area contributed by atoms with E-state index in [0.717, 1.165) is 33.0 Å². The SMILES string of the molecule is CC(=O)N[C@H]1[C@@H](OP(=O)([O-])OP(=O)([O-])OC[C@H]2O[C@@H](n3ccc(=O)[nH]c3=O)[C@H](O)[C@@H]2O)O[C@H](CO)[C@@H](O)[C@@H]1O[C@H](C)C(=O)N[C@@H](C)C(=O)N[C@H](CCC(=O)N[C@@H](CCC[C@@H]([NH3+])C(=O)[O-])C(=O)[O-])C(=O)[O-]. The van der Waals surface area contributed by atoms with Gasteiger partial charge < -0.3 is 106 Å². The highest BCUT2D eigenvalue weighted by molar-refractivity contribution is 7.59. The summed E-state index contributed by atoms with van der Waals surface area (Å²) in [6.07, 6.45) is -18.3. The summed E-state index contributed by atoms with van der Waals surface area (Å²) in [7, 11) is -12.3. The van der Waals surface area contributed by atoms with Crippen LogP contribution in [0.25, 0.3) is 0 Å². The quantitative estimate of drug-likeness (QED) is 0.0366. The largest absolute Gasteiger partial charge is 0.756 e. The molecule has 2 fully saturated rings. The van der Waals surface area contributed by atoms with Gasteiger partial charge in [0, 0.05) is 32.0 Å². The fourth-order valence-corrected chi connectivity index (χ4v) is 8.69. The van der Waals surface area contributed by atoms with Gasteiger partial charge in [-0.15, -0.1) is 0 Å². The number of hydrogen-bond donors (Lipinski definition) is 10. The molecule has 1 aromatic rings. The number of phosphoric acid groups is 2. The number of aromatic nitrogens is 2. The first kappa shape index (κ1) is 59.2. The molecular weight excluding hydrogens is 996 g/mol. The maximum atomic E-state index is 13.2. The molecule has 3 heterocycles. The van der Waals surface area contributed by atoms with E-state index in [1.165, 1.54) is 0 Å². The minimum atomic E-state index is -6.26. The number of nitrogens with one attached hydrogen (secondary N) is 5. The molecule has 4 amide bonds. The average molecular weight is 1050 g/mol. The summed E-state index contributed by atoms with van der Waals surface area (Å²) in [5.74, 6) is -9.48. The predicted molar refractivity (Wildman–Crippen MR) is 211 cm³/mol. The number of H-pyrrole nitrogens is 1. The number of quaternary nitrogens is 1. The van der Waals surface area contributed by atoms with Gasteiger partial charge in [-0.25, -0.2) is 9.11 Å². The van der Waals surface area contributed by atoms with Crippen molar-refractivity contribution in [2.75, 3.05) is 13.2 Å². The summed E-state index contributed by atoms with van der Waals surface area (Å²) < 4.78 is 55.7. The lowest BCUT2D eigenvalue weighted by Gasteiger charge is -2.46. The Labute approximate surface area is 393 Å². The first-order valence-electron chi connectivity index (χ1n) is 20.7. The lowest BCUT2D eigenvalue weighted by Crippen LogP contribution is -2.68. The molecule has 2 aliphatic heterocycles. The van der Waals surface area contributed by atoms with Crippen LogP contribution in [-0.4, -0.2) is 164 Å². The summed E-state index contributed by atoms with van der Waals surface area (Å²) in [6, 6.07) is -7.40. The maximum absolute atomic E-state index is 13.2. The van der Waals surface area contributed by atoms with Gasteiger partial charge in [-0.3, -0.25) is 47.2 Å². The van der Waals surface area contributed by atoms with Crippen LogP contribution in [0.3, 0.4) is 0 Å². The first-order valence-corrected chi connectivity index (χ1v) is 23.6. The Morgan fingerprint density at radius 2 is 1.49 bits per heavy atom. The summed E-state index contributed by atoms with van der Waals surface area (Å²) in [5.41, 5.74) is 1.40. The van der Waals surface area contributed by atoms with Crippen molar-refractivity contribution in [2.24, 2.45) is 0 Å². The lowest BCUT2D eigenvalue weighted by molar-refractivity contribution is -0.438. The third kappa shape index (κ3) is 17.3. The Bertz CT molecular complexity index is 2270. The highest BCUT2D eigenvalue weighted by Crippen LogP contribution is 2.57. The standard InChI is InChI=1S/C35H55N7O26P2/c1-13(28(50)40-18(33(56)57)7-8-21(45)39-17(32(54)55)6-4-5-16(36)31(52)53)37-29(51)14(2)64-27-23(38-15(3)44)34(66-19(11-43)25(27)48)67-70(61,62)68-69(59,60)63-12-20-24(47)26(49)30(65-20)42-10-9-22(46)41-35(42)58/h9-10,13-14,16-20,23-27,30,34,43,47-49H,4-8,11-12,36H2,1-3H3,(H,37,51)(H,38,44)(H,39,45)(H,40,50)(H,52,53)(H,54,55)(H,56,57)(H,59,60)(H,61,62)(H,41,46,58)/p-4/t13-,14+,16+,17-,18+,19+,20+,23+,24+,25+,26+,27+,30+,34+/m0/s1. The van der Waals surface area contributed by atoms with Gasteiger partial charge in [-0.2, -0.15) is 0 Å². The third-order valence-corrected chi connectivity index (χ3v) is 12.8. The monoisotopic (exact) mass is 1050 g/mol. The zero-order valence-corrected chi connectivity index (χ0v) is 38.8. The smallest absolute Gasteiger partial charge is 0.330 e. The number of ether oxygens (including phenoxy) is 3. The van der Waals surface area contributed by atoms with E-state index >= 15 is 0 Å². The molecule has 16 atom stereocenters. The van der Waals surface area contributed by atoms with Crippen molar-refractivity contribution in [1.29, 1.82) is 0 Å². The molecule has 0 radical (unpaired) electrons. The van der Waals surface area contributed by atoms with Crippen molar-refractivity contribution in [3.8, 4) is 0 Å². The number of aliphatic hydroxyl groups excluding tert-OH is 4. The fourth-order valence-electron chi connectivity index (χ4n) is 6.61. The van der Waals surface area contributed by atoms with Crippen molar-refractivity contribution >= 4 is 57.2 Å². The normalized spacial score (nSPS) is 27.3. The van der Waals surface area contributed by atoms with E-state index in [1.54, 1.807) is 0 Å². The van der Waals surface area contributed by atoms with E-state index in [0.29, 0.717) is 4.57 Å². The minimum Gasteiger partial charge on any atom is -0.756 e. The molecule has 0 aliphatic carbocycles. The Balaban J connectivity index is 1.64. The molecule has 2 saturated heterocycles. The summed E-state index contributed by atoms with van der Waals surface area (Å²) >= 11 is 0. The van der Waals surface area contributed by atoms with Crippen molar-refractivity contribution in [2.45, 2.75) is 138 Å². The van der Waals surface area contributed by atoms with E-state index in [2.05, 4.69) is 30.5 Å². The molecule has 70 heavy (non-hydrogen) atoms. The van der Waals surface area contributed by atoms with Crippen LogP contribution in [0.5, 0.6) is 0 Å². The third-order valence-electron chi connectivity index (χ3n) is 10.3. The average Bonchev–Trinajstić information content (AvgIpc) is 3.53. The Morgan fingerprint density at radius 1 is 0.857 bits per heavy atom. The number of amides is 4. The number of phosphoric ester groups is 2. The fraction of sp³-hybridized carbons (Fsp3) is 0.686. The highest BCUT2D eigenvalue weighted by atomic mass is 31.3. The highest BCUT2D eigenvalue weighted by Gasteiger charge is 2.50. The molecule has 0 bridgehead atoms. The summed E-state index contributed by atoms with van der Waals surface area (Å²) in [6.45, 7) is 0.553. The number of rotatable bonds is 27. The molecule has 396 valence electrons. The zero-order chi connectivity index (χ0) is 53.0. The second kappa shape index (κ2) is 25.9. The maximum Gasteiger partial charge on any atom is 0.330 e. The summed E-state index contributed by atoms with van der Waals surface area (Å²) in [4.78, 5) is 136. The van der Waals surface area contributed by atoms with Crippen LogP contribution in [0.15, 0.2) is 21.9 Å². The topological polar surface area (TPSA) is 536 Å². The van der Waals surface area contributed by atoms with Crippen LogP contribution >= 0.6 is 15.6 Å². The number of aliphatic hydroxyl groups is 4. The van der Waals surface area contributed by atoms with Crippen LogP contribution in [0.4, 0.5) is 0 Å². The van der Waals surface area contributed by atoms with Crippen molar-refractivity contribution in [3.05, 3.63) is 33.1 Å². The first-order chi connectivity index (χ1) is 32.5. The molecule has 3 rings (SSSR count). The lowest BCUT2D eigenvalue weighted by atomic mass is 9.96. The number of aromatic amines is 1. The van der Waals surface area contributed by atoms with E-state index in [-0.39, 0.29) is 19.3 Å². The van der Waals surface area contributed by atoms with Gasteiger partial charge in [0.15, 0.2) is 12.5 Å². The Kier molecular flexibility index (Phi) is 21.9. The summed E-state index contributed by atoms with van der Waals surface area (Å²) in [5, 5.41) is 84.1. The van der Waals surface area contributed by atoms with E-state index < -0.39 is 180 Å². The van der Waals surface area contributed by atoms with Gasteiger partial charge in [0.05, 0.1) is 43.2 Å². The number of nitrogens with zero attached hydrogens (tertiary/aromatic N) is 1. The van der Waals surface area contributed by atoms with E-state index in [4.69, 9.17) is 18.7 Å². The predicted octanol–water partition coefficient (Wildman–Crippen LogP) is -12.2. The molecule has 2 unspecified atom stereocenters. The van der Waals surface area contributed by atoms with Gasteiger partial charge in [-0.1, -0.05) is 0 Å². The molecule has 33 nitrogen and oxygen atoms in total. The van der Waals surface area contributed by atoms with Crippen LogP contribution in [0.1, 0.15) is 59.1 Å². The molecule has 12 N–H and O–H groups in total. The van der Waals surface area contributed by atoms with Gasteiger partial charge in [0.25, 0.3) is 21.2 Å². The number of carboxylic acid groups (broad SMARTS) is 3. The van der Waals surface area contributed by atoms with Crippen LogP contribution < -0.4 is 63.4 Å². The van der Waals surface area contributed by atoms with E-state index in [9.17, 15) is 97.8 Å².